The fourth-order valence-electron chi connectivity index (χ4n) is 6.80. The molecule has 4 heterocycles. The summed E-state index contributed by atoms with van der Waals surface area (Å²) in [6, 6.07) is 40.6. The molecule has 0 amide bonds. The van der Waals surface area contributed by atoms with Crippen molar-refractivity contribution in [3.05, 3.63) is 146 Å². The minimum absolute atomic E-state index is 0.504. The van der Waals surface area contributed by atoms with Crippen molar-refractivity contribution in [3.8, 4) is 50.5 Å². The van der Waals surface area contributed by atoms with Gasteiger partial charge in [0.05, 0.1) is 11.1 Å². The van der Waals surface area contributed by atoms with Gasteiger partial charge in [-0.3, -0.25) is 4.98 Å². The number of nitrogens with zero attached hydrogens (tertiary/aromatic N) is 7. The van der Waals surface area contributed by atoms with E-state index in [0.717, 1.165) is 72.7 Å². The largest absolute Gasteiger partial charge is 0.361 e. The van der Waals surface area contributed by atoms with Crippen LogP contribution in [0.25, 0.3) is 72.0 Å². The van der Waals surface area contributed by atoms with Gasteiger partial charge in [-0.1, -0.05) is 66.7 Å². The first kappa shape index (κ1) is 29.8. The van der Waals surface area contributed by atoms with Gasteiger partial charge in [0.15, 0.2) is 18.2 Å². The SMILES string of the molecule is CN(C)c1cc(-c2ccncc2)c(-c2ccc3cccc(-[n+]4ccc(-c5cc(C6CC6)nnc5-c5cccc6ccccc56)cc4)c3c2)nn1. The molecule has 8 aromatic rings. The predicted octanol–water partition coefficient (Wildman–Crippen LogP) is 8.86. The molecule has 0 bridgehead atoms. The van der Waals surface area contributed by atoms with Gasteiger partial charge in [0.25, 0.3) is 0 Å². The Morgan fingerprint density at radius 2 is 1.26 bits per heavy atom. The average molecular weight is 649 g/mol. The van der Waals surface area contributed by atoms with E-state index in [2.05, 4.69) is 130 Å². The maximum atomic E-state index is 4.87. The molecule has 1 aliphatic carbocycles. The second-order valence-electron chi connectivity index (χ2n) is 13.1. The zero-order valence-electron chi connectivity index (χ0n) is 27.9. The lowest BCUT2D eigenvalue weighted by molar-refractivity contribution is -0.594. The zero-order chi connectivity index (χ0) is 33.6. The number of pyridine rings is 2. The van der Waals surface area contributed by atoms with Crippen LogP contribution in [0.3, 0.4) is 0 Å². The predicted molar refractivity (Wildman–Crippen MR) is 200 cm³/mol. The Morgan fingerprint density at radius 1 is 0.560 bits per heavy atom. The Bertz CT molecular complexity index is 2520. The molecule has 1 fully saturated rings. The maximum Gasteiger partial charge on any atom is 0.218 e. The van der Waals surface area contributed by atoms with E-state index in [1.165, 1.54) is 23.6 Å². The molecule has 0 radical (unpaired) electrons. The third-order valence-electron chi connectivity index (χ3n) is 9.63. The van der Waals surface area contributed by atoms with E-state index >= 15 is 0 Å². The molecule has 7 nitrogen and oxygen atoms in total. The molecule has 0 aliphatic heterocycles. The van der Waals surface area contributed by atoms with Crippen molar-refractivity contribution in [2.75, 3.05) is 19.0 Å². The number of rotatable bonds is 7. The van der Waals surface area contributed by atoms with Crippen LogP contribution in [-0.4, -0.2) is 39.5 Å². The van der Waals surface area contributed by atoms with Crippen LogP contribution in [0, 0.1) is 0 Å². The zero-order valence-corrected chi connectivity index (χ0v) is 27.9. The molecule has 1 saturated carbocycles. The summed E-state index contributed by atoms with van der Waals surface area (Å²) in [5.41, 5.74) is 10.3. The van der Waals surface area contributed by atoms with E-state index in [1.54, 1.807) is 0 Å². The van der Waals surface area contributed by atoms with E-state index < -0.39 is 0 Å². The van der Waals surface area contributed by atoms with Crippen molar-refractivity contribution in [2.24, 2.45) is 0 Å². The normalized spacial score (nSPS) is 12.8. The molecule has 50 heavy (non-hydrogen) atoms. The first-order valence-electron chi connectivity index (χ1n) is 17.0. The number of benzene rings is 4. The first-order chi connectivity index (χ1) is 24.6. The van der Waals surface area contributed by atoms with Gasteiger partial charge in [-0.15, -0.1) is 15.3 Å². The van der Waals surface area contributed by atoms with E-state index in [0.29, 0.717) is 5.92 Å². The number of hydrogen-bond donors (Lipinski definition) is 0. The number of fused-ring (bicyclic) bond motifs is 2. The van der Waals surface area contributed by atoms with Gasteiger partial charge in [-0.2, -0.15) is 9.67 Å². The Labute approximate surface area is 290 Å². The van der Waals surface area contributed by atoms with Crippen LogP contribution in [0.4, 0.5) is 5.82 Å². The van der Waals surface area contributed by atoms with Crippen molar-refractivity contribution in [1.82, 2.24) is 25.4 Å². The molecule has 9 rings (SSSR count). The molecule has 7 heteroatoms. The summed E-state index contributed by atoms with van der Waals surface area (Å²) in [5, 5.41) is 23.5. The molecule has 0 saturated heterocycles. The minimum Gasteiger partial charge on any atom is -0.361 e. The summed E-state index contributed by atoms with van der Waals surface area (Å²) in [7, 11) is 3.96. The highest BCUT2D eigenvalue weighted by Gasteiger charge is 2.27. The quantitative estimate of drug-likeness (QED) is 0.161. The molecule has 0 spiro atoms. The Hall–Kier alpha value is -6.34. The van der Waals surface area contributed by atoms with Crippen LogP contribution >= 0.6 is 0 Å². The Kier molecular flexibility index (Phi) is 7.31. The summed E-state index contributed by atoms with van der Waals surface area (Å²) in [6.45, 7) is 0. The lowest BCUT2D eigenvalue weighted by atomic mass is 9.95. The summed E-state index contributed by atoms with van der Waals surface area (Å²) in [4.78, 5) is 6.21. The molecular formula is C43H34N7+. The van der Waals surface area contributed by atoms with Crippen LogP contribution in [0.1, 0.15) is 24.5 Å². The Balaban J connectivity index is 1.14. The molecule has 1 aliphatic rings. The van der Waals surface area contributed by atoms with E-state index in [4.69, 9.17) is 15.3 Å². The first-order valence-corrected chi connectivity index (χ1v) is 17.0. The molecule has 4 aromatic carbocycles. The molecule has 0 N–H and O–H groups in total. The number of anilines is 1. The highest BCUT2D eigenvalue weighted by Crippen LogP contribution is 2.42. The van der Waals surface area contributed by atoms with E-state index in [9.17, 15) is 0 Å². The second-order valence-corrected chi connectivity index (χ2v) is 13.1. The lowest BCUT2D eigenvalue weighted by Crippen LogP contribution is -2.29. The Morgan fingerprint density at radius 3 is 2.06 bits per heavy atom. The van der Waals surface area contributed by atoms with Gasteiger partial charge >= 0.3 is 0 Å². The van der Waals surface area contributed by atoms with Gasteiger partial charge in [0, 0.05) is 72.9 Å². The summed E-state index contributed by atoms with van der Waals surface area (Å²) >= 11 is 0. The summed E-state index contributed by atoms with van der Waals surface area (Å²) < 4.78 is 2.19. The van der Waals surface area contributed by atoms with Crippen molar-refractivity contribution >= 4 is 27.4 Å². The average Bonchev–Trinajstić information content (AvgIpc) is 4.03. The van der Waals surface area contributed by atoms with Crippen LogP contribution in [0.5, 0.6) is 0 Å². The van der Waals surface area contributed by atoms with Crippen molar-refractivity contribution < 1.29 is 4.57 Å². The molecule has 4 aromatic heterocycles. The maximum absolute atomic E-state index is 4.87. The third kappa shape index (κ3) is 5.43. The van der Waals surface area contributed by atoms with Gasteiger partial charge in [0.1, 0.15) is 11.4 Å². The number of aromatic nitrogens is 6. The van der Waals surface area contributed by atoms with E-state index in [-0.39, 0.29) is 0 Å². The van der Waals surface area contributed by atoms with Crippen LogP contribution in [-0.2, 0) is 0 Å². The molecule has 0 atom stereocenters. The minimum atomic E-state index is 0.504. The fourth-order valence-corrected chi connectivity index (χ4v) is 6.80. The standard InChI is InChI=1S/C43H34N7/c1-49(2)41-27-38(30-17-21-44-22-18-30)42(47-46-41)33-16-13-29-9-6-12-40(36(29)25-33)50-23-19-31(20-24-50)37-26-39(32-14-15-32)45-48-43(37)35-11-5-8-28-7-3-4-10-34(28)35/h3-13,16-27,32H,14-15H2,1-2H3/q+1. The van der Waals surface area contributed by atoms with E-state index in [1.807, 2.05) is 43.5 Å². The van der Waals surface area contributed by atoms with Crippen LogP contribution in [0.2, 0.25) is 0 Å². The summed E-state index contributed by atoms with van der Waals surface area (Å²) in [5.74, 6) is 1.30. The summed E-state index contributed by atoms with van der Waals surface area (Å²) in [6.07, 6.45) is 10.3. The van der Waals surface area contributed by atoms with Gasteiger partial charge < -0.3 is 4.90 Å². The highest BCUT2D eigenvalue weighted by atomic mass is 15.2. The highest BCUT2D eigenvalue weighted by molar-refractivity contribution is 5.99. The van der Waals surface area contributed by atoms with Gasteiger partial charge in [-0.05, 0) is 70.5 Å². The molecule has 240 valence electrons. The third-order valence-corrected chi connectivity index (χ3v) is 9.63. The van der Waals surface area contributed by atoms with Crippen molar-refractivity contribution in [3.63, 3.8) is 0 Å². The van der Waals surface area contributed by atoms with Gasteiger partial charge in [-0.25, -0.2) is 0 Å². The lowest BCUT2D eigenvalue weighted by Gasteiger charge is -2.15. The number of hydrogen-bond acceptors (Lipinski definition) is 6. The monoisotopic (exact) mass is 648 g/mol. The molecule has 0 unspecified atom stereocenters. The van der Waals surface area contributed by atoms with Gasteiger partial charge in [0.2, 0.25) is 5.69 Å². The molecular weight excluding hydrogens is 615 g/mol. The smallest absolute Gasteiger partial charge is 0.218 e. The van der Waals surface area contributed by atoms with Crippen LogP contribution in [0.15, 0.2) is 140 Å². The van der Waals surface area contributed by atoms with Crippen molar-refractivity contribution in [1.29, 1.82) is 0 Å². The second kappa shape index (κ2) is 12.3. The fraction of sp³-hybridized carbons (Fsp3) is 0.116. The van der Waals surface area contributed by atoms with Crippen molar-refractivity contribution in [2.45, 2.75) is 18.8 Å². The van der Waals surface area contributed by atoms with Crippen LogP contribution < -0.4 is 9.47 Å². The topological polar surface area (TPSA) is 71.6 Å².